The van der Waals surface area contributed by atoms with Gasteiger partial charge in [0, 0.05) is 24.2 Å². The van der Waals surface area contributed by atoms with Gasteiger partial charge in [0.2, 0.25) is 10.0 Å². The van der Waals surface area contributed by atoms with Crippen molar-refractivity contribution in [3.05, 3.63) is 59.4 Å². The fraction of sp³-hybridized carbons (Fsp3) is 0.350. The van der Waals surface area contributed by atoms with Crippen molar-refractivity contribution in [1.29, 1.82) is 0 Å². The molecule has 0 spiro atoms. The zero-order valence-electron chi connectivity index (χ0n) is 16.3. The number of ether oxygens (including phenoxy) is 2. The molecule has 0 saturated carbocycles. The number of rotatable bonds is 6. The van der Waals surface area contributed by atoms with E-state index in [1.54, 1.807) is 23.1 Å². The Morgan fingerprint density at radius 3 is 2.41 bits per heavy atom. The summed E-state index contributed by atoms with van der Waals surface area (Å²) < 4.78 is 49.8. The smallest absolute Gasteiger partial charge is 0.254 e. The fourth-order valence-corrected chi connectivity index (χ4v) is 4.02. The highest BCUT2D eigenvalue weighted by Crippen LogP contribution is 2.27. The van der Waals surface area contributed by atoms with Crippen molar-refractivity contribution < 1.29 is 27.1 Å². The van der Waals surface area contributed by atoms with E-state index in [9.17, 15) is 17.6 Å². The normalized spacial score (nSPS) is 14.5. The van der Waals surface area contributed by atoms with Gasteiger partial charge in [-0.05, 0) is 42.5 Å². The monoisotopic (exact) mass is 422 g/mol. The molecular weight excluding hydrogens is 399 g/mol. The highest BCUT2D eigenvalue weighted by Gasteiger charge is 2.23. The van der Waals surface area contributed by atoms with Gasteiger partial charge in [0.25, 0.3) is 5.91 Å². The Balaban J connectivity index is 1.94. The Morgan fingerprint density at radius 1 is 1.17 bits per heavy atom. The number of sulfonamides is 1. The van der Waals surface area contributed by atoms with Crippen molar-refractivity contribution in [2.75, 3.05) is 44.0 Å². The van der Waals surface area contributed by atoms with Gasteiger partial charge in [-0.3, -0.25) is 9.10 Å². The molecular formula is C20H23FN2O5S. The largest absolute Gasteiger partial charge is 0.496 e. The molecule has 3 rings (SSSR count). The van der Waals surface area contributed by atoms with Gasteiger partial charge >= 0.3 is 0 Å². The van der Waals surface area contributed by atoms with Crippen LogP contribution in [0.5, 0.6) is 5.75 Å². The molecule has 0 bridgehead atoms. The topological polar surface area (TPSA) is 76.2 Å². The number of carbonyl (C=O) groups is 1. The van der Waals surface area contributed by atoms with E-state index < -0.39 is 15.8 Å². The summed E-state index contributed by atoms with van der Waals surface area (Å²) in [4.78, 5) is 14.5. The van der Waals surface area contributed by atoms with E-state index in [-0.39, 0.29) is 12.5 Å². The van der Waals surface area contributed by atoms with Crippen LogP contribution in [-0.2, 0) is 21.3 Å². The van der Waals surface area contributed by atoms with Crippen molar-refractivity contribution in [2.24, 2.45) is 0 Å². The molecule has 156 valence electrons. The number of hydrogen-bond acceptors (Lipinski definition) is 5. The summed E-state index contributed by atoms with van der Waals surface area (Å²) in [6.45, 7) is 1.93. The zero-order valence-corrected chi connectivity index (χ0v) is 17.1. The molecule has 0 N–H and O–H groups in total. The number of halogens is 1. The van der Waals surface area contributed by atoms with Crippen LogP contribution in [0.4, 0.5) is 10.1 Å². The van der Waals surface area contributed by atoms with Crippen molar-refractivity contribution >= 4 is 21.6 Å². The third kappa shape index (κ3) is 5.04. The van der Waals surface area contributed by atoms with E-state index in [4.69, 9.17) is 9.47 Å². The maximum absolute atomic E-state index is 13.3. The van der Waals surface area contributed by atoms with Crippen LogP contribution in [0.1, 0.15) is 15.9 Å². The summed E-state index contributed by atoms with van der Waals surface area (Å²) in [5.74, 6) is -0.151. The van der Waals surface area contributed by atoms with Crippen LogP contribution >= 0.6 is 0 Å². The number of carbonyl (C=O) groups excluding carboxylic acids is 1. The standard InChI is InChI=1S/C20H23FN2O5S/c1-27-19-8-3-15(20(24)22-9-11-28-12-10-22)13-16(19)14-23(29(2,25)26)18-6-4-17(21)5-7-18/h3-8,13H,9-12,14H2,1-2H3. The summed E-state index contributed by atoms with van der Waals surface area (Å²) in [6.07, 6.45) is 1.07. The molecule has 1 amide bonds. The highest BCUT2D eigenvalue weighted by molar-refractivity contribution is 7.92. The molecule has 0 atom stereocenters. The maximum atomic E-state index is 13.3. The molecule has 0 unspecified atom stereocenters. The Bertz CT molecular complexity index is 973. The van der Waals surface area contributed by atoms with E-state index in [2.05, 4.69) is 0 Å². The highest BCUT2D eigenvalue weighted by atomic mass is 32.2. The van der Waals surface area contributed by atoms with Gasteiger partial charge < -0.3 is 14.4 Å². The van der Waals surface area contributed by atoms with Crippen LogP contribution in [0.15, 0.2) is 42.5 Å². The van der Waals surface area contributed by atoms with Gasteiger partial charge in [-0.1, -0.05) is 0 Å². The molecule has 0 aromatic heterocycles. The van der Waals surface area contributed by atoms with Gasteiger partial charge in [-0.25, -0.2) is 12.8 Å². The van der Waals surface area contributed by atoms with Crippen LogP contribution in [0.2, 0.25) is 0 Å². The third-order valence-corrected chi connectivity index (χ3v) is 5.80. The van der Waals surface area contributed by atoms with Crippen molar-refractivity contribution in [3.63, 3.8) is 0 Å². The van der Waals surface area contributed by atoms with E-state index >= 15 is 0 Å². The number of morpholine rings is 1. The second kappa shape index (κ2) is 8.79. The Labute approximate surface area is 169 Å². The quantitative estimate of drug-likeness (QED) is 0.714. The third-order valence-electron chi connectivity index (χ3n) is 4.65. The van der Waals surface area contributed by atoms with Crippen LogP contribution in [0, 0.1) is 5.82 Å². The molecule has 9 heteroatoms. The molecule has 29 heavy (non-hydrogen) atoms. The molecule has 0 radical (unpaired) electrons. The van der Waals surface area contributed by atoms with Crippen LogP contribution in [0.3, 0.4) is 0 Å². The van der Waals surface area contributed by atoms with E-state index in [1.165, 1.54) is 31.4 Å². The lowest BCUT2D eigenvalue weighted by Gasteiger charge is -2.27. The zero-order chi connectivity index (χ0) is 21.0. The van der Waals surface area contributed by atoms with Crippen molar-refractivity contribution in [1.82, 2.24) is 4.90 Å². The molecule has 1 saturated heterocycles. The minimum absolute atomic E-state index is 0.0577. The lowest BCUT2D eigenvalue weighted by atomic mass is 10.1. The number of nitrogens with zero attached hydrogens (tertiary/aromatic N) is 2. The number of anilines is 1. The summed E-state index contributed by atoms with van der Waals surface area (Å²) in [6, 6.07) is 10.1. The minimum atomic E-state index is -3.66. The first-order chi connectivity index (χ1) is 13.8. The molecule has 1 aliphatic heterocycles. The van der Waals surface area contributed by atoms with E-state index in [0.29, 0.717) is 48.9 Å². The van der Waals surface area contributed by atoms with Gasteiger partial charge in [-0.2, -0.15) is 0 Å². The lowest BCUT2D eigenvalue weighted by Crippen LogP contribution is -2.40. The van der Waals surface area contributed by atoms with Crippen molar-refractivity contribution in [3.8, 4) is 5.75 Å². The summed E-state index contributed by atoms with van der Waals surface area (Å²) in [7, 11) is -2.19. The van der Waals surface area contributed by atoms with E-state index in [1.807, 2.05) is 0 Å². The van der Waals surface area contributed by atoms with Crippen LogP contribution < -0.4 is 9.04 Å². The average Bonchev–Trinajstić information content (AvgIpc) is 2.72. The first-order valence-corrected chi connectivity index (χ1v) is 10.9. The van der Waals surface area contributed by atoms with Gasteiger partial charge in [0.1, 0.15) is 11.6 Å². The average molecular weight is 422 g/mol. The minimum Gasteiger partial charge on any atom is -0.496 e. The predicted octanol–water partition coefficient (Wildman–Crippen LogP) is 2.27. The van der Waals surface area contributed by atoms with Gasteiger partial charge in [0.15, 0.2) is 0 Å². The number of amides is 1. The first-order valence-electron chi connectivity index (χ1n) is 9.07. The first kappa shape index (κ1) is 21.1. The molecule has 0 aliphatic carbocycles. The van der Waals surface area contributed by atoms with Crippen LogP contribution in [0.25, 0.3) is 0 Å². The Hall–Kier alpha value is -2.65. The SMILES string of the molecule is COc1ccc(C(=O)N2CCOCC2)cc1CN(c1ccc(F)cc1)S(C)(=O)=O. The molecule has 1 heterocycles. The lowest BCUT2D eigenvalue weighted by molar-refractivity contribution is 0.0303. The Morgan fingerprint density at radius 2 is 1.83 bits per heavy atom. The molecule has 1 fully saturated rings. The second-order valence-electron chi connectivity index (χ2n) is 6.68. The number of methoxy groups -OCH3 is 1. The van der Waals surface area contributed by atoms with Crippen LogP contribution in [-0.4, -0.2) is 58.9 Å². The second-order valence-corrected chi connectivity index (χ2v) is 8.58. The van der Waals surface area contributed by atoms with Gasteiger partial charge in [0.05, 0.1) is 38.8 Å². The van der Waals surface area contributed by atoms with Gasteiger partial charge in [-0.15, -0.1) is 0 Å². The van der Waals surface area contributed by atoms with Crippen molar-refractivity contribution in [2.45, 2.75) is 6.54 Å². The fourth-order valence-electron chi connectivity index (χ4n) is 3.15. The summed E-state index contributed by atoms with van der Waals surface area (Å²) in [5.41, 5.74) is 1.29. The molecule has 2 aromatic rings. The maximum Gasteiger partial charge on any atom is 0.254 e. The number of benzene rings is 2. The predicted molar refractivity (Wildman–Crippen MR) is 107 cm³/mol. The molecule has 1 aliphatic rings. The molecule has 2 aromatic carbocycles. The number of hydrogen-bond donors (Lipinski definition) is 0. The van der Waals surface area contributed by atoms with E-state index in [0.717, 1.165) is 10.6 Å². The Kier molecular flexibility index (Phi) is 6.39. The summed E-state index contributed by atoms with van der Waals surface area (Å²) >= 11 is 0. The molecule has 7 nitrogen and oxygen atoms in total. The summed E-state index contributed by atoms with van der Waals surface area (Å²) in [5, 5.41) is 0.